The summed E-state index contributed by atoms with van der Waals surface area (Å²) in [4.78, 5) is 48.6. The van der Waals surface area contributed by atoms with E-state index < -0.39 is 29.3 Å². The molecule has 3 rings (SSSR count). The minimum Gasteiger partial charge on any atom is -0.455 e. The summed E-state index contributed by atoms with van der Waals surface area (Å²) in [7, 11) is 0. The predicted molar refractivity (Wildman–Crippen MR) is 114 cm³/mol. The van der Waals surface area contributed by atoms with E-state index in [1.807, 2.05) is 0 Å². The first-order valence-corrected chi connectivity index (χ1v) is 9.88. The molecule has 1 N–H and O–H groups in total. The molecule has 9 nitrogen and oxygen atoms in total. The van der Waals surface area contributed by atoms with Crippen LogP contribution >= 0.6 is 23.2 Å². The molecular weight excluding hydrogens is 449 g/mol. The average Bonchev–Trinajstić information content (AvgIpc) is 3.11. The summed E-state index contributed by atoms with van der Waals surface area (Å²) in [6, 6.07) is 8.94. The summed E-state index contributed by atoms with van der Waals surface area (Å²) < 4.78 is 5.03. The van der Waals surface area contributed by atoms with Crippen molar-refractivity contribution in [3.05, 3.63) is 62.1 Å². The van der Waals surface area contributed by atoms with E-state index in [2.05, 4.69) is 5.32 Å². The van der Waals surface area contributed by atoms with Crippen molar-refractivity contribution in [3.63, 3.8) is 0 Å². The van der Waals surface area contributed by atoms with Gasteiger partial charge in [0.25, 0.3) is 11.6 Å². The van der Waals surface area contributed by atoms with Gasteiger partial charge in [0, 0.05) is 29.6 Å². The molecule has 162 valence electrons. The fraction of sp³-hybridized carbons (Fsp3) is 0.250. The van der Waals surface area contributed by atoms with Gasteiger partial charge in [0.1, 0.15) is 0 Å². The molecule has 0 aromatic heterocycles. The molecule has 2 aromatic carbocycles. The Morgan fingerprint density at radius 3 is 2.71 bits per heavy atom. The number of halogens is 2. The van der Waals surface area contributed by atoms with Crippen LogP contribution in [0.2, 0.25) is 10.0 Å². The van der Waals surface area contributed by atoms with Gasteiger partial charge in [-0.25, -0.2) is 0 Å². The normalized spacial score (nSPS) is 15.6. The second-order valence-electron chi connectivity index (χ2n) is 6.91. The number of ether oxygens (including phenoxy) is 1. The van der Waals surface area contributed by atoms with Crippen LogP contribution in [0.5, 0.6) is 0 Å². The molecule has 0 spiro atoms. The molecule has 31 heavy (non-hydrogen) atoms. The molecule has 0 radical (unpaired) electrons. The molecule has 1 atom stereocenters. The summed E-state index contributed by atoms with van der Waals surface area (Å²) >= 11 is 11.8. The average molecular weight is 466 g/mol. The number of hydrogen-bond donors (Lipinski definition) is 1. The quantitative estimate of drug-likeness (QED) is 0.394. The molecule has 2 amide bonds. The van der Waals surface area contributed by atoms with Crippen LogP contribution in [-0.2, 0) is 19.1 Å². The molecule has 1 aliphatic heterocycles. The van der Waals surface area contributed by atoms with Crippen LogP contribution in [0.4, 0.5) is 17.1 Å². The predicted octanol–water partition coefficient (Wildman–Crippen LogP) is 3.74. The van der Waals surface area contributed by atoms with E-state index in [1.54, 1.807) is 19.1 Å². The number of hydrogen-bond acceptors (Lipinski definition) is 6. The van der Waals surface area contributed by atoms with Crippen LogP contribution in [0.3, 0.4) is 0 Å². The number of rotatable bonds is 6. The maximum atomic E-state index is 12.3. The number of nitrogens with zero attached hydrogens (tertiary/aromatic N) is 2. The van der Waals surface area contributed by atoms with Gasteiger partial charge in [-0.1, -0.05) is 29.3 Å². The fourth-order valence-corrected chi connectivity index (χ4v) is 3.45. The number of carbonyl (C=O) groups excluding carboxylic acids is 3. The maximum absolute atomic E-state index is 12.3. The number of nitrogens with one attached hydrogen (secondary N) is 1. The van der Waals surface area contributed by atoms with Crippen LogP contribution in [0.1, 0.15) is 12.0 Å². The number of aryl methyl sites for hydroxylation is 1. The maximum Gasteiger partial charge on any atom is 0.311 e. The first-order chi connectivity index (χ1) is 14.7. The van der Waals surface area contributed by atoms with Gasteiger partial charge in [-0.3, -0.25) is 24.5 Å². The van der Waals surface area contributed by atoms with Crippen molar-refractivity contribution in [2.24, 2.45) is 5.92 Å². The summed E-state index contributed by atoms with van der Waals surface area (Å²) in [6.07, 6.45) is -0.123. The van der Waals surface area contributed by atoms with Crippen molar-refractivity contribution in [1.82, 2.24) is 0 Å². The van der Waals surface area contributed by atoms with Crippen LogP contribution in [0.25, 0.3) is 0 Å². The van der Waals surface area contributed by atoms with E-state index in [1.165, 1.54) is 29.2 Å². The lowest BCUT2D eigenvalue weighted by Crippen LogP contribution is -2.28. The Morgan fingerprint density at radius 2 is 2.00 bits per heavy atom. The first kappa shape index (κ1) is 22.5. The smallest absolute Gasteiger partial charge is 0.311 e. The van der Waals surface area contributed by atoms with Gasteiger partial charge in [-0.05, 0) is 31.2 Å². The van der Waals surface area contributed by atoms with Crippen molar-refractivity contribution < 1.29 is 24.0 Å². The highest BCUT2D eigenvalue weighted by Gasteiger charge is 2.37. The Hall–Kier alpha value is -3.17. The van der Waals surface area contributed by atoms with Crippen molar-refractivity contribution in [2.75, 3.05) is 23.4 Å². The van der Waals surface area contributed by atoms with E-state index in [4.69, 9.17) is 27.9 Å². The van der Waals surface area contributed by atoms with Gasteiger partial charge < -0.3 is 15.0 Å². The van der Waals surface area contributed by atoms with Gasteiger partial charge >= 0.3 is 5.97 Å². The third kappa shape index (κ3) is 5.31. The lowest BCUT2D eigenvalue weighted by molar-refractivity contribution is -0.385. The lowest BCUT2D eigenvalue weighted by atomic mass is 10.1. The van der Waals surface area contributed by atoms with Crippen LogP contribution < -0.4 is 10.2 Å². The number of benzene rings is 2. The third-order valence-electron chi connectivity index (χ3n) is 4.71. The molecule has 1 heterocycles. The van der Waals surface area contributed by atoms with Gasteiger partial charge in [0.2, 0.25) is 5.91 Å². The zero-order valence-corrected chi connectivity index (χ0v) is 17.8. The van der Waals surface area contributed by atoms with Crippen molar-refractivity contribution >= 4 is 58.0 Å². The largest absolute Gasteiger partial charge is 0.455 e. The highest BCUT2D eigenvalue weighted by Crippen LogP contribution is 2.30. The van der Waals surface area contributed by atoms with Crippen LogP contribution in [-0.4, -0.2) is 35.9 Å². The zero-order chi connectivity index (χ0) is 22.7. The van der Waals surface area contributed by atoms with Crippen LogP contribution in [0, 0.1) is 23.0 Å². The topological polar surface area (TPSA) is 119 Å². The lowest BCUT2D eigenvalue weighted by Gasteiger charge is -2.17. The monoisotopic (exact) mass is 465 g/mol. The van der Waals surface area contributed by atoms with Gasteiger partial charge in [-0.15, -0.1) is 0 Å². The third-order valence-corrected chi connectivity index (χ3v) is 5.27. The van der Waals surface area contributed by atoms with Gasteiger partial charge in [0.05, 0.1) is 27.2 Å². The zero-order valence-electron chi connectivity index (χ0n) is 16.3. The Morgan fingerprint density at radius 1 is 1.26 bits per heavy atom. The number of nitro groups is 1. The molecule has 0 unspecified atom stereocenters. The number of amides is 2. The van der Waals surface area contributed by atoms with E-state index in [-0.39, 0.29) is 35.3 Å². The standard InChI is InChI=1S/C20H17Cl2N3O6/c1-11-2-4-14(8-17(11)25(29)30)24-9-12(6-19(24)27)20(28)31-10-18(26)23-16-7-13(21)3-5-15(16)22/h2-5,7-8,12H,6,9-10H2,1H3,(H,23,26)/t12-/m0/s1. The van der Waals surface area contributed by atoms with Gasteiger partial charge in [-0.2, -0.15) is 0 Å². The fourth-order valence-electron chi connectivity index (χ4n) is 3.11. The highest BCUT2D eigenvalue weighted by molar-refractivity contribution is 6.35. The minimum absolute atomic E-state index is 0.000375. The van der Waals surface area contributed by atoms with E-state index >= 15 is 0 Å². The van der Waals surface area contributed by atoms with E-state index in [0.717, 1.165) is 0 Å². The van der Waals surface area contributed by atoms with Crippen molar-refractivity contribution in [2.45, 2.75) is 13.3 Å². The van der Waals surface area contributed by atoms with Gasteiger partial charge in [0.15, 0.2) is 6.61 Å². The summed E-state index contributed by atoms with van der Waals surface area (Å²) in [5.41, 5.74) is 0.944. The molecule has 2 aromatic rings. The highest BCUT2D eigenvalue weighted by atomic mass is 35.5. The molecule has 11 heteroatoms. The Bertz CT molecular complexity index is 1070. The summed E-state index contributed by atoms with van der Waals surface area (Å²) in [5, 5.41) is 14.3. The SMILES string of the molecule is Cc1ccc(N2C[C@@H](C(=O)OCC(=O)Nc3cc(Cl)ccc3Cl)CC2=O)cc1[N+](=O)[O-]. The minimum atomic E-state index is -0.796. The number of anilines is 2. The molecular formula is C20H17Cl2N3O6. The van der Waals surface area contributed by atoms with Crippen molar-refractivity contribution in [3.8, 4) is 0 Å². The molecule has 0 saturated carbocycles. The number of carbonyl (C=O) groups is 3. The molecule has 0 bridgehead atoms. The number of nitro benzene ring substituents is 1. The Balaban J connectivity index is 1.59. The van der Waals surface area contributed by atoms with Crippen molar-refractivity contribution in [1.29, 1.82) is 0 Å². The first-order valence-electron chi connectivity index (χ1n) is 9.12. The Kier molecular flexibility index (Phi) is 6.77. The summed E-state index contributed by atoms with van der Waals surface area (Å²) in [5.74, 6) is -2.50. The number of esters is 1. The molecule has 0 aliphatic carbocycles. The second kappa shape index (κ2) is 9.32. The Labute approximate surface area is 187 Å². The second-order valence-corrected chi connectivity index (χ2v) is 7.76. The summed E-state index contributed by atoms with van der Waals surface area (Å²) in [6.45, 7) is 1.03. The molecule has 1 saturated heterocycles. The molecule has 1 aliphatic rings. The molecule has 1 fully saturated rings. The van der Waals surface area contributed by atoms with E-state index in [9.17, 15) is 24.5 Å². The van der Waals surface area contributed by atoms with E-state index in [0.29, 0.717) is 16.3 Å². The van der Waals surface area contributed by atoms with Crippen LogP contribution in [0.15, 0.2) is 36.4 Å².